The molecule has 0 fully saturated rings. The Morgan fingerprint density at radius 2 is 0.894 bits per heavy atom. The Morgan fingerprint density at radius 1 is 0.426 bits per heavy atom. The van der Waals surface area contributed by atoms with Crippen LogP contribution < -0.4 is 0 Å². The molecule has 2 nitrogen and oxygen atoms in total. The summed E-state index contributed by atoms with van der Waals surface area (Å²) in [5, 5.41) is 16.3. The number of hydrogen-bond acceptors (Lipinski definition) is 2. The van der Waals surface area contributed by atoms with Crippen molar-refractivity contribution in [3.63, 3.8) is 0 Å². The topological polar surface area (TPSA) is 33.4 Å². The lowest BCUT2D eigenvalue weighted by Gasteiger charge is -2.47. The van der Waals surface area contributed by atoms with E-state index in [1.165, 1.54) is 22.3 Å². The van der Waals surface area contributed by atoms with E-state index in [9.17, 15) is 5.11 Å². The summed E-state index contributed by atoms with van der Waals surface area (Å²) in [4.78, 5) is 0. The lowest BCUT2D eigenvalue weighted by Crippen LogP contribution is -2.44. The number of aliphatic hydroxyl groups is 1. The Bertz CT molecular complexity index is 2480. The molecular weight excluding hydrogens is 596 g/mol. The van der Waals surface area contributed by atoms with Gasteiger partial charge in [-0.15, -0.1) is 0 Å². The summed E-state index contributed by atoms with van der Waals surface area (Å²) in [6.45, 7) is 0. The van der Waals surface area contributed by atoms with Gasteiger partial charge in [0.05, 0.1) is 5.41 Å². The van der Waals surface area contributed by atoms with E-state index in [0.717, 1.165) is 55.3 Å². The molecule has 2 aliphatic carbocycles. The highest BCUT2D eigenvalue weighted by atomic mass is 35.5. The monoisotopic (exact) mass is 622 g/mol. The van der Waals surface area contributed by atoms with Crippen molar-refractivity contribution in [1.82, 2.24) is 0 Å². The average molecular weight is 623 g/mol. The van der Waals surface area contributed by atoms with Crippen molar-refractivity contribution in [2.24, 2.45) is 0 Å². The molecule has 0 unspecified atom stereocenters. The third-order valence-corrected chi connectivity index (χ3v) is 10.8. The van der Waals surface area contributed by atoms with Gasteiger partial charge < -0.3 is 9.52 Å². The summed E-state index contributed by atoms with van der Waals surface area (Å²) in [5.74, 6) is 0. The van der Waals surface area contributed by atoms with Crippen molar-refractivity contribution in [3.8, 4) is 22.3 Å². The molecule has 0 amide bonds. The molecule has 8 aromatic rings. The van der Waals surface area contributed by atoms with Crippen LogP contribution in [0.2, 0.25) is 5.02 Å². The molecule has 0 saturated heterocycles. The Morgan fingerprint density at radius 3 is 1.55 bits per heavy atom. The highest BCUT2D eigenvalue weighted by Gasteiger charge is 2.56. The molecule has 2 aliphatic rings. The molecule has 1 aromatic heterocycles. The number of halogens is 1. The molecule has 1 spiro atoms. The molecule has 222 valence electrons. The van der Waals surface area contributed by atoms with Crippen LogP contribution in [-0.2, 0) is 11.0 Å². The van der Waals surface area contributed by atoms with E-state index in [2.05, 4.69) is 103 Å². The lowest BCUT2D eigenvalue weighted by molar-refractivity contribution is 0.119. The summed E-state index contributed by atoms with van der Waals surface area (Å²) < 4.78 is 6.30. The fraction of sp³-hybridized carbons (Fsp3) is 0.0455. The number of fused-ring (bicyclic) bond motifs is 12. The molecule has 0 aliphatic heterocycles. The van der Waals surface area contributed by atoms with Crippen molar-refractivity contribution in [1.29, 1.82) is 0 Å². The molecule has 0 bridgehead atoms. The maximum atomic E-state index is 13.7. The van der Waals surface area contributed by atoms with Gasteiger partial charge in [0.2, 0.25) is 0 Å². The first-order chi connectivity index (χ1) is 23.1. The van der Waals surface area contributed by atoms with Crippen LogP contribution >= 0.6 is 11.6 Å². The van der Waals surface area contributed by atoms with Gasteiger partial charge in [0.15, 0.2) is 0 Å². The Balaban J connectivity index is 1.35. The second kappa shape index (κ2) is 9.56. The van der Waals surface area contributed by atoms with Crippen molar-refractivity contribution in [2.75, 3.05) is 0 Å². The first kappa shape index (κ1) is 26.8. The summed E-state index contributed by atoms with van der Waals surface area (Å²) in [5.41, 5.74) is 10.5. The maximum Gasteiger partial charge on any atom is 0.143 e. The van der Waals surface area contributed by atoms with Gasteiger partial charge in [0.25, 0.3) is 0 Å². The minimum absolute atomic E-state index is 0.502. The predicted molar refractivity (Wildman–Crippen MR) is 190 cm³/mol. The van der Waals surface area contributed by atoms with Gasteiger partial charge >= 0.3 is 0 Å². The molecule has 1 heterocycles. The summed E-state index contributed by atoms with van der Waals surface area (Å²) in [6, 6.07) is 54.3. The second-order valence-electron chi connectivity index (χ2n) is 12.6. The van der Waals surface area contributed by atoms with Gasteiger partial charge in [0, 0.05) is 21.4 Å². The SMILES string of the molecule is OC1(c2c(Cl)cccc2-c2cccc3oc4ccccc4c23)c2ccccc2C2(c3ccccc3-c3ccccc32)c2ccccc21. The Kier molecular flexibility index (Phi) is 5.44. The van der Waals surface area contributed by atoms with Gasteiger partial charge in [-0.1, -0.05) is 151 Å². The smallest absolute Gasteiger partial charge is 0.143 e. The average Bonchev–Trinajstić information content (AvgIpc) is 3.65. The van der Waals surface area contributed by atoms with E-state index < -0.39 is 11.0 Å². The molecule has 47 heavy (non-hydrogen) atoms. The van der Waals surface area contributed by atoms with E-state index in [0.29, 0.717) is 10.6 Å². The molecule has 10 rings (SSSR count). The molecule has 3 heteroatoms. The van der Waals surface area contributed by atoms with Crippen LogP contribution in [0.25, 0.3) is 44.2 Å². The maximum absolute atomic E-state index is 13.7. The molecule has 7 aromatic carbocycles. The van der Waals surface area contributed by atoms with Crippen LogP contribution in [0.5, 0.6) is 0 Å². The number of benzene rings is 7. The molecule has 0 atom stereocenters. The zero-order chi connectivity index (χ0) is 31.3. The van der Waals surface area contributed by atoms with Gasteiger partial charge in [-0.3, -0.25) is 0 Å². The van der Waals surface area contributed by atoms with E-state index in [1.54, 1.807) is 0 Å². The minimum Gasteiger partial charge on any atom is -0.456 e. The Hall–Kier alpha value is -5.41. The third kappa shape index (κ3) is 3.29. The highest BCUT2D eigenvalue weighted by molar-refractivity contribution is 6.32. The van der Waals surface area contributed by atoms with Crippen LogP contribution in [-0.4, -0.2) is 5.11 Å². The van der Waals surface area contributed by atoms with Crippen molar-refractivity contribution in [2.45, 2.75) is 11.0 Å². The van der Waals surface area contributed by atoms with E-state index >= 15 is 0 Å². The van der Waals surface area contributed by atoms with Crippen LogP contribution in [0, 0.1) is 0 Å². The summed E-state index contributed by atoms with van der Waals surface area (Å²) in [6.07, 6.45) is 0. The molecule has 0 saturated carbocycles. The largest absolute Gasteiger partial charge is 0.456 e. The fourth-order valence-corrected chi connectivity index (χ4v) is 9.05. The van der Waals surface area contributed by atoms with Crippen LogP contribution in [0.3, 0.4) is 0 Å². The zero-order valence-corrected chi connectivity index (χ0v) is 26.0. The first-order valence-electron chi connectivity index (χ1n) is 15.9. The van der Waals surface area contributed by atoms with E-state index in [1.807, 2.05) is 54.6 Å². The van der Waals surface area contributed by atoms with E-state index in [4.69, 9.17) is 16.0 Å². The van der Waals surface area contributed by atoms with Crippen LogP contribution in [0.4, 0.5) is 0 Å². The van der Waals surface area contributed by atoms with E-state index in [-0.39, 0.29) is 0 Å². The quantitative estimate of drug-likeness (QED) is 0.208. The standard InChI is InChI=1S/C44H27ClO2/c45-38-24-11-17-30(29-16-12-26-40-41(29)31-15-3-10-25-39(31)47-40)42(38)44(46)36-22-8-6-20-34(36)43(35-21-7-9-23-37(35)44)32-18-4-1-13-27(32)28-14-2-5-19-33(28)43/h1-26,46H. The third-order valence-electron chi connectivity index (χ3n) is 10.5. The Labute approximate surface area is 277 Å². The zero-order valence-electron chi connectivity index (χ0n) is 25.2. The summed E-state index contributed by atoms with van der Waals surface area (Å²) >= 11 is 7.31. The molecular formula is C44H27ClO2. The second-order valence-corrected chi connectivity index (χ2v) is 13.0. The van der Waals surface area contributed by atoms with Gasteiger partial charge in [-0.25, -0.2) is 0 Å². The first-order valence-corrected chi connectivity index (χ1v) is 16.3. The van der Waals surface area contributed by atoms with Gasteiger partial charge in [-0.05, 0) is 73.8 Å². The lowest BCUT2D eigenvalue weighted by atomic mass is 9.56. The minimum atomic E-state index is -1.57. The number of para-hydroxylation sites is 1. The molecule has 0 radical (unpaired) electrons. The van der Waals surface area contributed by atoms with Crippen molar-refractivity contribution in [3.05, 3.63) is 202 Å². The normalized spacial score (nSPS) is 14.9. The number of rotatable bonds is 2. The predicted octanol–water partition coefficient (Wildman–Crippen LogP) is 10.9. The summed E-state index contributed by atoms with van der Waals surface area (Å²) in [7, 11) is 0. The van der Waals surface area contributed by atoms with Gasteiger partial charge in [-0.2, -0.15) is 0 Å². The van der Waals surface area contributed by atoms with Crippen LogP contribution in [0.1, 0.15) is 38.9 Å². The van der Waals surface area contributed by atoms with Crippen LogP contribution in [0.15, 0.2) is 162 Å². The van der Waals surface area contributed by atoms with Crippen molar-refractivity contribution < 1.29 is 9.52 Å². The highest BCUT2D eigenvalue weighted by Crippen LogP contribution is 2.63. The number of hydrogen-bond donors (Lipinski definition) is 1. The molecule has 1 N–H and O–H groups in total. The van der Waals surface area contributed by atoms with Gasteiger partial charge in [0.1, 0.15) is 16.8 Å². The fourth-order valence-electron chi connectivity index (χ4n) is 8.74. The van der Waals surface area contributed by atoms with Crippen molar-refractivity contribution >= 4 is 33.5 Å². The number of furan rings is 1.